The Balaban J connectivity index is 1.94. The van der Waals surface area contributed by atoms with Crippen molar-refractivity contribution in [3.05, 3.63) is 71.3 Å². The molecule has 0 saturated carbocycles. The smallest absolute Gasteiger partial charge is 0.416 e. The lowest BCUT2D eigenvalue weighted by molar-refractivity contribution is -0.148. The number of ether oxygens (including phenoxy) is 1. The highest BCUT2D eigenvalue weighted by molar-refractivity contribution is 5.96. The largest absolute Gasteiger partial charge is 0.449 e. The minimum absolute atomic E-state index is 0.301. The van der Waals surface area contributed by atoms with E-state index in [1.165, 1.54) is 13.0 Å². The number of carbonyl (C=O) groups is 2. The van der Waals surface area contributed by atoms with Crippen molar-refractivity contribution in [3.63, 3.8) is 0 Å². The number of halogens is 5. The average molecular weight is 399 g/mol. The lowest BCUT2D eigenvalue weighted by Crippen LogP contribution is -2.30. The van der Waals surface area contributed by atoms with Gasteiger partial charge in [0.05, 0.1) is 5.56 Å². The van der Waals surface area contributed by atoms with Gasteiger partial charge >= 0.3 is 12.1 Å². The van der Waals surface area contributed by atoms with Crippen LogP contribution in [0.3, 0.4) is 0 Å². The van der Waals surface area contributed by atoms with Crippen LogP contribution >= 0.6 is 0 Å². The quantitative estimate of drug-likeness (QED) is 0.455. The second-order valence-corrected chi connectivity index (χ2v) is 5.62. The summed E-state index contributed by atoms with van der Waals surface area (Å²) in [6.45, 7) is 1.19. The van der Waals surface area contributed by atoms with Crippen molar-refractivity contribution in [2.24, 2.45) is 0 Å². The summed E-state index contributed by atoms with van der Waals surface area (Å²) < 4.78 is 69.3. The van der Waals surface area contributed by atoms with E-state index in [1.54, 1.807) is 0 Å². The average Bonchev–Trinajstić information content (AvgIpc) is 2.62. The third kappa shape index (κ3) is 5.63. The molecule has 1 unspecified atom stereocenters. The molecule has 0 radical (unpaired) electrons. The summed E-state index contributed by atoms with van der Waals surface area (Å²) in [5.41, 5.74) is -1.20. The van der Waals surface area contributed by atoms with E-state index in [4.69, 9.17) is 4.74 Å². The van der Waals surface area contributed by atoms with Gasteiger partial charge in [-0.05, 0) is 42.8 Å². The van der Waals surface area contributed by atoms with Gasteiger partial charge in [0.25, 0.3) is 5.91 Å². The molecular weight excluding hydrogens is 385 g/mol. The molecule has 9 heteroatoms. The maximum atomic E-state index is 13.5. The summed E-state index contributed by atoms with van der Waals surface area (Å²) in [6.07, 6.45) is -3.73. The summed E-state index contributed by atoms with van der Waals surface area (Å²) in [7, 11) is 0. The third-order valence-corrected chi connectivity index (χ3v) is 3.52. The number of carbonyl (C=O) groups excluding carboxylic acids is 2. The molecule has 0 bridgehead atoms. The number of alkyl halides is 3. The number of para-hydroxylation sites is 1. The van der Waals surface area contributed by atoms with Gasteiger partial charge in [-0.1, -0.05) is 18.2 Å². The van der Waals surface area contributed by atoms with Crippen LogP contribution in [0.4, 0.5) is 27.6 Å². The van der Waals surface area contributed by atoms with Gasteiger partial charge in [0, 0.05) is 6.08 Å². The number of esters is 1. The minimum atomic E-state index is -4.47. The Hall–Kier alpha value is -3.23. The first-order valence-corrected chi connectivity index (χ1v) is 7.89. The van der Waals surface area contributed by atoms with E-state index in [1.807, 2.05) is 5.32 Å². The van der Waals surface area contributed by atoms with Crippen LogP contribution in [0.1, 0.15) is 18.1 Å². The Morgan fingerprint density at radius 2 is 1.61 bits per heavy atom. The molecule has 2 aromatic carbocycles. The Labute approximate surface area is 156 Å². The summed E-state index contributed by atoms with van der Waals surface area (Å²) in [4.78, 5) is 23.6. The maximum absolute atomic E-state index is 13.5. The second-order valence-electron chi connectivity index (χ2n) is 5.62. The maximum Gasteiger partial charge on any atom is 0.416 e. The van der Waals surface area contributed by atoms with E-state index >= 15 is 0 Å². The molecule has 2 aromatic rings. The fourth-order valence-corrected chi connectivity index (χ4v) is 2.06. The lowest BCUT2D eigenvalue weighted by atomic mass is 10.1. The van der Waals surface area contributed by atoms with Crippen molar-refractivity contribution in [1.29, 1.82) is 0 Å². The molecule has 0 aliphatic rings. The minimum Gasteiger partial charge on any atom is -0.449 e. The highest BCUT2D eigenvalue weighted by Crippen LogP contribution is 2.29. The van der Waals surface area contributed by atoms with Crippen LogP contribution < -0.4 is 5.32 Å². The molecule has 1 N–H and O–H groups in total. The molecule has 0 heterocycles. The topological polar surface area (TPSA) is 55.4 Å². The molecule has 148 valence electrons. The van der Waals surface area contributed by atoms with Gasteiger partial charge in [0.15, 0.2) is 6.10 Å². The van der Waals surface area contributed by atoms with Crippen molar-refractivity contribution in [2.75, 3.05) is 5.32 Å². The lowest BCUT2D eigenvalue weighted by Gasteiger charge is -2.13. The second kappa shape index (κ2) is 8.64. The highest BCUT2D eigenvalue weighted by Gasteiger charge is 2.29. The first-order valence-electron chi connectivity index (χ1n) is 7.89. The van der Waals surface area contributed by atoms with E-state index in [2.05, 4.69) is 0 Å². The van der Waals surface area contributed by atoms with Crippen LogP contribution in [0.2, 0.25) is 0 Å². The van der Waals surface area contributed by atoms with E-state index in [-0.39, 0.29) is 0 Å². The number of amides is 1. The van der Waals surface area contributed by atoms with Crippen molar-refractivity contribution in [2.45, 2.75) is 19.2 Å². The van der Waals surface area contributed by atoms with Gasteiger partial charge in [0.1, 0.15) is 17.3 Å². The SMILES string of the molecule is CC(OC(=O)/C=C/c1ccc(C(F)(F)F)cc1)C(=O)Nc1c(F)cccc1F. The van der Waals surface area contributed by atoms with Crippen molar-refractivity contribution in [3.8, 4) is 0 Å². The zero-order valence-electron chi connectivity index (χ0n) is 14.4. The molecule has 2 rings (SSSR count). The Kier molecular flexibility index (Phi) is 6.50. The number of hydrogen-bond donors (Lipinski definition) is 1. The third-order valence-electron chi connectivity index (χ3n) is 3.52. The van der Waals surface area contributed by atoms with Gasteiger partial charge in [0.2, 0.25) is 0 Å². The number of anilines is 1. The fraction of sp³-hybridized carbons (Fsp3) is 0.158. The predicted octanol–water partition coefficient (Wildman–Crippen LogP) is 4.57. The molecule has 0 fully saturated rings. The van der Waals surface area contributed by atoms with Crippen molar-refractivity contribution in [1.82, 2.24) is 0 Å². The van der Waals surface area contributed by atoms with E-state index in [9.17, 15) is 31.5 Å². The van der Waals surface area contributed by atoms with Gasteiger partial charge < -0.3 is 10.1 Å². The first-order chi connectivity index (χ1) is 13.1. The first kappa shape index (κ1) is 21.1. The molecule has 28 heavy (non-hydrogen) atoms. The number of hydrogen-bond acceptors (Lipinski definition) is 3. The molecule has 0 saturated heterocycles. The van der Waals surface area contributed by atoms with Crippen LogP contribution in [-0.2, 0) is 20.5 Å². The molecule has 1 amide bonds. The summed E-state index contributed by atoms with van der Waals surface area (Å²) in [6, 6.07) is 7.03. The molecular formula is C19H14F5NO3. The Morgan fingerprint density at radius 3 is 2.14 bits per heavy atom. The van der Waals surface area contributed by atoms with Crippen LogP contribution in [0.5, 0.6) is 0 Å². The summed E-state index contributed by atoms with van der Waals surface area (Å²) in [5, 5.41) is 1.98. The highest BCUT2D eigenvalue weighted by atomic mass is 19.4. The Morgan fingerprint density at radius 1 is 1.04 bits per heavy atom. The standard InChI is InChI=1S/C19H14F5NO3/c1-11(18(27)25-17-14(20)3-2-4-15(17)21)28-16(26)10-7-12-5-8-13(9-6-12)19(22,23)24/h2-11H,1H3,(H,25,27)/b10-7+. The van der Waals surface area contributed by atoms with E-state index < -0.39 is 47.0 Å². The zero-order valence-corrected chi connectivity index (χ0v) is 14.4. The van der Waals surface area contributed by atoms with E-state index in [0.29, 0.717) is 5.56 Å². The normalized spacial score (nSPS) is 12.6. The molecule has 0 spiro atoms. The van der Waals surface area contributed by atoms with Crippen LogP contribution in [0.15, 0.2) is 48.5 Å². The molecule has 0 aliphatic carbocycles. The van der Waals surface area contributed by atoms with Crippen LogP contribution in [0, 0.1) is 11.6 Å². The number of benzene rings is 2. The molecule has 0 aromatic heterocycles. The molecule has 0 aliphatic heterocycles. The molecule has 4 nitrogen and oxygen atoms in total. The molecule has 1 atom stereocenters. The van der Waals surface area contributed by atoms with Crippen LogP contribution in [0.25, 0.3) is 6.08 Å². The zero-order chi connectivity index (χ0) is 20.9. The Bertz CT molecular complexity index is 871. The fourth-order valence-electron chi connectivity index (χ4n) is 2.06. The summed E-state index contributed by atoms with van der Waals surface area (Å²) >= 11 is 0. The summed E-state index contributed by atoms with van der Waals surface area (Å²) in [5.74, 6) is -3.90. The van der Waals surface area contributed by atoms with Gasteiger partial charge in [-0.2, -0.15) is 13.2 Å². The van der Waals surface area contributed by atoms with Crippen molar-refractivity contribution < 1.29 is 36.3 Å². The van der Waals surface area contributed by atoms with Gasteiger partial charge in [-0.25, -0.2) is 13.6 Å². The monoisotopic (exact) mass is 399 g/mol. The number of nitrogens with one attached hydrogen (secondary N) is 1. The van der Waals surface area contributed by atoms with Gasteiger partial charge in [-0.15, -0.1) is 0 Å². The van der Waals surface area contributed by atoms with Crippen LogP contribution in [-0.4, -0.2) is 18.0 Å². The van der Waals surface area contributed by atoms with Gasteiger partial charge in [-0.3, -0.25) is 4.79 Å². The van der Waals surface area contributed by atoms with E-state index in [0.717, 1.165) is 48.5 Å². The predicted molar refractivity (Wildman–Crippen MR) is 91.0 cm³/mol. The number of rotatable bonds is 5. The van der Waals surface area contributed by atoms with Crippen molar-refractivity contribution >= 4 is 23.6 Å².